The molecule has 0 spiro atoms. The largest absolute Gasteiger partial charge is 0.328 e. The number of para-hydroxylation sites is 1. The maximum atomic E-state index is 4.22. The Kier molecular flexibility index (Phi) is 2.97. The van der Waals surface area contributed by atoms with Gasteiger partial charge < -0.3 is 4.90 Å². The topological polar surface area (TPSA) is 29.0 Å². The van der Waals surface area contributed by atoms with Gasteiger partial charge in [0.25, 0.3) is 0 Å². The molecule has 76 valence electrons. The van der Waals surface area contributed by atoms with Crippen molar-refractivity contribution in [2.24, 2.45) is 0 Å². The van der Waals surface area contributed by atoms with Crippen LogP contribution in [0.2, 0.25) is 0 Å². The van der Waals surface area contributed by atoms with Gasteiger partial charge in [0.1, 0.15) is 6.33 Å². The average Bonchev–Trinajstić information content (AvgIpc) is 2.30. The highest BCUT2D eigenvalue weighted by Crippen LogP contribution is 2.27. The van der Waals surface area contributed by atoms with E-state index in [1.54, 1.807) is 12.5 Å². The molecule has 3 nitrogen and oxygen atoms in total. The van der Waals surface area contributed by atoms with Crippen LogP contribution in [0.5, 0.6) is 0 Å². The summed E-state index contributed by atoms with van der Waals surface area (Å²) in [5, 5.41) is 0. The van der Waals surface area contributed by atoms with E-state index >= 15 is 0 Å². The predicted molar refractivity (Wildman–Crippen MR) is 64.2 cm³/mol. The maximum Gasteiger partial charge on any atom is 0.150 e. The van der Waals surface area contributed by atoms with Gasteiger partial charge in [-0.1, -0.05) is 18.2 Å². The first-order chi connectivity index (χ1) is 7.29. The van der Waals surface area contributed by atoms with E-state index in [1.807, 2.05) is 42.3 Å². The molecular formula is C11H10BrN3. The van der Waals surface area contributed by atoms with E-state index in [2.05, 4.69) is 25.9 Å². The number of aromatic nitrogens is 2. The maximum absolute atomic E-state index is 4.22. The lowest BCUT2D eigenvalue weighted by molar-refractivity contribution is 1.07. The molecule has 0 bridgehead atoms. The van der Waals surface area contributed by atoms with Crippen molar-refractivity contribution in [3.63, 3.8) is 0 Å². The van der Waals surface area contributed by atoms with Crippen LogP contribution in [0.25, 0.3) is 0 Å². The summed E-state index contributed by atoms with van der Waals surface area (Å²) in [6, 6.07) is 10.1. The van der Waals surface area contributed by atoms with Crippen molar-refractivity contribution in [2.75, 3.05) is 11.9 Å². The van der Waals surface area contributed by atoms with Gasteiger partial charge in [0.2, 0.25) is 0 Å². The molecule has 1 aromatic carbocycles. The summed E-state index contributed by atoms with van der Waals surface area (Å²) >= 11 is 3.43. The zero-order valence-corrected chi connectivity index (χ0v) is 9.85. The van der Waals surface area contributed by atoms with Crippen molar-refractivity contribution in [1.82, 2.24) is 9.97 Å². The molecular weight excluding hydrogens is 254 g/mol. The Balaban J connectivity index is 2.37. The minimum atomic E-state index is 0.858. The molecule has 0 radical (unpaired) electrons. The number of hydrogen-bond acceptors (Lipinski definition) is 3. The Labute approximate surface area is 96.9 Å². The Morgan fingerprint density at radius 3 is 2.60 bits per heavy atom. The molecule has 2 rings (SSSR count). The second-order valence-electron chi connectivity index (χ2n) is 3.09. The van der Waals surface area contributed by atoms with E-state index in [-0.39, 0.29) is 0 Å². The van der Waals surface area contributed by atoms with Crippen LogP contribution < -0.4 is 4.90 Å². The molecule has 0 N–H and O–H groups in total. The Hall–Kier alpha value is -1.42. The lowest BCUT2D eigenvalue weighted by Crippen LogP contribution is -2.11. The molecule has 0 aliphatic heterocycles. The molecule has 2 aromatic rings. The smallest absolute Gasteiger partial charge is 0.150 e. The lowest BCUT2D eigenvalue weighted by Gasteiger charge is -2.18. The molecule has 0 amide bonds. The molecule has 0 saturated heterocycles. The van der Waals surface area contributed by atoms with Crippen molar-refractivity contribution in [2.45, 2.75) is 0 Å². The van der Waals surface area contributed by atoms with Crippen molar-refractivity contribution >= 4 is 27.4 Å². The zero-order valence-electron chi connectivity index (χ0n) is 8.26. The van der Waals surface area contributed by atoms with Crippen LogP contribution in [0, 0.1) is 0 Å². The zero-order chi connectivity index (χ0) is 10.7. The number of hydrogen-bond donors (Lipinski definition) is 0. The SMILES string of the molecule is CN(c1ccccc1)c1ncncc1Br. The lowest BCUT2D eigenvalue weighted by atomic mass is 10.3. The van der Waals surface area contributed by atoms with E-state index in [0.717, 1.165) is 16.0 Å². The second kappa shape index (κ2) is 4.40. The number of benzene rings is 1. The third-order valence-corrected chi connectivity index (χ3v) is 2.67. The third-order valence-electron chi connectivity index (χ3n) is 2.11. The Morgan fingerprint density at radius 1 is 1.20 bits per heavy atom. The van der Waals surface area contributed by atoms with E-state index in [0.29, 0.717) is 0 Å². The van der Waals surface area contributed by atoms with Gasteiger partial charge in [-0.3, -0.25) is 0 Å². The van der Waals surface area contributed by atoms with Gasteiger partial charge in [-0.2, -0.15) is 0 Å². The molecule has 0 fully saturated rings. The van der Waals surface area contributed by atoms with Gasteiger partial charge in [-0.25, -0.2) is 9.97 Å². The van der Waals surface area contributed by atoms with Gasteiger partial charge in [0.15, 0.2) is 5.82 Å². The van der Waals surface area contributed by atoms with Crippen LogP contribution in [0.3, 0.4) is 0 Å². The molecule has 0 atom stereocenters. The molecule has 15 heavy (non-hydrogen) atoms. The summed E-state index contributed by atoms with van der Waals surface area (Å²) in [6.07, 6.45) is 3.28. The number of anilines is 2. The molecule has 0 aliphatic rings. The molecule has 1 heterocycles. The summed E-state index contributed by atoms with van der Waals surface area (Å²) in [5.74, 6) is 0.858. The summed E-state index contributed by atoms with van der Waals surface area (Å²) < 4.78 is 0.886. The molecule has 4 heteroatoms. The highest BCUT2D eigenvalue weighted by Gasteiger charge is 2.07. The van der Waals surface area contributed by atoms with Crippen molar-refractivity contribution in [1.29, 1.82) is 0 Å². The number of halogens is 1. The molecule has 0 saturated carbocycles. The van der Waals surface area contributed by atoms with Gasteiger partial charge in [0.05, 0.1) is 4.47 Å². The quantitative estimate of drug-likeness (QED) is 0.834. The third kappa shape index (κ3) is 2.15. The van der Waals surface area contributed by atoms with Crippen molar-refractivity contribution in [3.05, 3.63) is 47.3 Å². The van der Waals surface area contributed by atoms with Crippen LogP contribution >= 0.6 is 15.9 Å². The van der Waals surface area contributed by atoms with E-state index in [1.165, 1.54) is 0 Å². The van der Waals surface area contributed by atoms with Gasteiger partial charge in [-0.15, -0.1) is 0 Å². The van der Waals surface area contributed by atoms with Crippen LogP contribution in [0.15, 0.2) is 47.3 Å². The van der Waals surface area contributed by atoms with Gasteiger partial charge in [-0.05, 0) is 28.1 Å². The van der Waals surface area contributed by atoms with Crippen LogP contribution in [-0.4, -0.2) is 17.0 Å². The standard InChI is InChI=1S/C11H10BrN3/c1-15(9-5-3-2-4-6-9)11-10(12)7-13-8-14-11/h2-8H,1H3. The molecule has 1 aromatic heterocycles. The van der Waals surface area contributed by atoms with E-state index in [9.17, 15) is 0 Å². The Bertz CT molecular complexity index is 445. The number of rotatable bonds is 2. The summed E-state index contributed by atoms with van der Waals surface area (Å²) in [6.45, 7) is 0. The average molecular weight is 264 g/mol. The van der Waals surface area contributed by atoms with Crippen molar-refractivity contribution < 1.29 is 0 Å². The fourth-order valence-electron chi connectivity index (χ4n) is 1.33. The van der Waals surface area contributed by atoms with Crippen LogP contribution in [0.1, 0.15) is 0 Å². The first kappa shape index (κ1) is 10.1. The normalized spacial score (nSPS) is 10.0. The highest BCUT2D eigenvalue weighted by atomic mass is 79.9. The predicted octanol–water partition coefficient (Wildman–Crippen LogP) is 3.01. The summed E-state index contributed by atoms with van der Waals surface area (Å²) in [5.41, 5.74) is 1.09. The monoisotopic (exact) mass is 263 g/mol. The van der Waals surface area contributed by atoms with Crippen LogP contribution in [-0.2, 0) is 0 Å². The Morgan fingerprint density at radius 2 is 1.93 bits per heavy atom. The molecule has 0 unspecified atom stereocenters. The fourth-order valence-corrected chi connectivity index (χ4v) is 1.81. The first-order valence-electron chi connectivity index (χ1n) is 4.53. The minimum Gasteiger partial charge on any atom is -0.328 e. The fraction of sp³-hybridized carbons (Fsp3) is 0.0909. The second-order valence-corrected chi connectivity index (χ2v) is 3.94. The first-order valence-corrected chi connectivity index (χ1v) is 5.32. The minimum absolute atomic E-state index is 0.858. The summed E-state index contributed by atoms with van der Waals surface area (Å²) in [7, 11) is 1.97. The van der Waals surface area contributed by atoms with Crippen molar-refractivity contribution in [3.8, 4) is 0 Å². The van der Waals surface area contributed by atoms with Crippen LogP contribution in [0.4, 0.5) is 11.5 Å². The van der Waals surface area contributed by atoms with Gasteiger partial charge >= 0.3 is 0 Å². The summed E-state index contributed by atoms with van der Waals surface area (Å²) in [4.78, 5) is 10.2. The number of nitrogens with zero attached hydrogens (tertiary/aromatic N) is 3. The molecule has 0 aliphatic carbocycles. The van der Waals surface area contributed by atoms with E-state index in [4.69, 9.17) is 0 Å². The highest BCUT2D eigenvalue weighted by molar-refractivity contribution is 9.10. The van der Waals surface area contributed by atoms with Gasteiger partial charge in [0, 0.05) is 18.9 Å². The van der Waals surface area contributed by atoms with E-state index < -0.39 is 0 Å².